The van der Waals surface area contributed by atoms with Gasteiger partial charge >= 0.3 is 5.69 Å². The molecule has 164 valence electrons. The second-order valence-electron chi connectivity index (χ2n) is 7.42. The molecule has 2 aromatic carbocycles. The predicted octanol–water partition coefficient (Wildman–Crippen LogP) is 3.68. The van der Waals surface area contributed by atoms with Crippen LogP contribution in [0.2, 0.25) is 5.02 Å². The molecule has 0 aliphatic rings. The molecule has 0 aliphatic heterocycles. The standard InChI is InChI=1S/C24H22ClN3O3S/c25-19-8-6-17(7-9-19)10-13-26-21(29)11-14-27-23(30)22-20(12-15-32-22)28(24(27)31)16-18-4-2-1-3-5-18/h1-9,12,15H,10-11,13-14,16H2,(H,26,29). The smallest absolute Gasteiger partial charge is 0.331 e. The van der Waals surface area contributed by atoms with E-state index in [2.05, 4.69) is 5.32 Å². The first-order chi connectivity index (χ1) is 15.5. The van der Waals surface area contributed by atoms with Crippen LogP contribution in [0, 0.1) is 0 Å². The summed E-state index contributed by atoms with van der Waals surface area (Å²) in [6.07, 6.45) is 0.728. The number of hydrogen-bond donors (Lipinski definition) is 1. The van der Waals surface area contributed by atoms with Gasteiger partial charge in [-0.15, -0.1) is 11.3 Å². The number of aromatic nitrogens is 2. The number of fused-ring (bicyclic) bond motifs is 1. The number of amides is 1. The van der Waals surface area contributed by atoms with Crippen LogP contribution in [0.3, 0.4) is 0 Å². The van der Waals surface area contributed by atoms with Crippen molar-refractivity contribution in [2.75, 3.05) is 6.54 Å². The van der Waals surface area contributed by atoms with E-state index in [9.17, 15) is 14.4 Å². The van der Waals surface area contributed by atoms with Crippen LogP contribution in [0.1, 0.15) is 17.5 Å². The van der Waals surface area contributed by atoms with E-state index in [1.54, 1.807) is 16.0 Å². The lowest BCUT2D eigenvalue weighted by atomic mass is 10.1. The Hall–Kier alpha value is -3.16. The lowest BCUT2D eigenvalue weighted by Crippen LogP contribution is -2.41. The van der Waals surface area contributed by atoms with Crippen molar-refractivity contribution in [2.45, 2.75) is 25.9 Å². The molecule has 0 spiro atoms. The average molecular weight is 468 g/mol. The van der Waals surface area contributed by atoms with E-state index in [-0.39, 0.29) is 24.4 Å². The second kappa shape index (κ2) is 9.97. The van der Waals surface area contributed by atoms with Crippen LogP contribution >= 0.6 is 22.9 Å². The molecule has 1 amide bonds. The van der Waals surface area contributed by atoms with E-state index in [1.165, 1.54) is 15.9 Å². The number of thiophene rings is 1. The summed E-state index contributed by atoms with van der Waals surface area (Å²) in [5.74, 6) is -0.203. The molecule has 2 aromatic heterocycles. The fourth-order valence-electron chi connectivity index (χ4n) is 3.55. The molecule has 4 rings (SSSR count). The second-order valence-corrected chi connectivity index (χ2v) is 8.78. The first-order valence-electron chi connectivity index (χ1n) is 10.3. The summed E-state index contributed by atoms with van der Waals surface area (Å²) in [4.78, 5) is 38.3. The Kier molecular flexibility index (Phi) is 6.87. The number of nitrogens with zero attached hydrogens (tertiary/aromatic N) is 2. The Morgan fingerprint density at radius 3 is 2.44 bits per heavy atom. The minimum Gasteiger partial charge on any atom is -0.356 e. The highest BCUT2D eigenvalue weighted by Gasteiger charge is 2.15. The number of rotatable bonds is 8. The maximum atomic E-state index is 13.1. The third kappa shape index (κ3) is 5.00. The monoisotopic (exact) mass is 467 g/mol. The van der Waals surface area contributed by atoms with E-state index in [0.29, 0.717) is 34.7 Å². The number of hydrogen-bond acceptors (Lipinski definition) is 4. The highest BCUT2D eigenvalue weighted by atomic mass is 35.5. The molecule has 8 heteroatoms. The largest absolute Gasteiger partial charge is 0.356 e. The van der Waals surface area contributed by atoms with Crippen molar-refractivity contribution in [1.29, 1.82) is 0 Å². The van der Waals surface area contributed by atoms with Gasteiger partial charge in [0.25, 0.3) is 5.56 Å². The molecule has 0 saturated heterocycles. The third-order valence-electron chi connectivity index (χ3n) is 5.23. The normalized spacial score (nSPS) is 11.0. The maximum Gasteiger partial charge on any atom is 0.331 e. The summed E-state index contributed by atoms with van der Waals surface area (Å²) in [6.45, 7) is 0.866. The number of halogens is 1. The quantitative estimate of drug-likeness (QED) is 0.429. The van der Waals surface area contributed by atoms with Gasteiger partial charge in [0.1, 0.15) is 4.70 Å². The Bertz CT molecular complexity index is 1340. The maximum absolute atomic E-state index is 13.1. The van der Waals surface area contributed by atoms with E-state index in [4.69, 9.17) is 11.6 Å². The zero-order chi connectivity index (χ0) is 22.5. The van der Waals surface area contributed by atoms with E-state index in [1.807, 2.05) is 54.6 Å². The molecule has 2 heterocycles. The lowest BCUT2D eigenvalue weighted by Gasteiger charge is -2.12. The van der Waals surface area contributed by atoms with Gasteiger partial charge in [-0.25, -0.2) is 4.79 Å². The third-order valence-corrected chi connectivity index (χ3v) is 6.38. The van der Waals surface area contributed by atoms with Crippen molar-refractivity contribution in [3.05, 3.63) is 103 Å². The van der Waals surface area contributed by atoms with Gasteiger partial charge in [-0.05, 0) is 41.1 Å². The lowest BCUT2D eigenvalue weighted by molar-refractivity contribution is -0.121. The Labute approximate surface area is 193 Å². The van der Waals surface area contributed by atoms with Crippen LogP contribution in [-0.2, 0) is 24.3 Å². The van der Waals surface area contributed by atoms with Gasteiger partial charge in [-0.2, -0.15) is 0 Å². The molecule has 32 heavy (non-hydrogen) atoms. The van der Waals surface area contributed by atoms with Crippen molar-refractivity contribution in [3.8, 4) is 0 Å². The van der Waals surface area contributed by atoms with E-state index in [0.717, 1.165) is 11.1 Å². The van der Waals surface area contributed by atoms with Gasteiger partial charge in [0, 0.05) is 24.5 Å². The number of benzene rings is 2. The molecule has 0 fully saturated rings. The van der Waals surface area contributed by atoms with Crippen LogP contribution in [-0.4, -0.2) is 21.6 Å². The molecule has 1 N–H and O–H groups in total. The molecule has 0 radical (unpaired) electrons. The fraction of sp³-hybridized carbons (Fsp3) is 0.208. The fourth-order valence-corrected chi connectivity index (χ4v) is 4.52. The molecule has 0 saturated carbocycles. The van der Waals surface area contributed by atoms with E-state index >= 15 is 0 Å². The summed E-state index contributed by atoms with van der Waals surface area (Å²) in [6, 6.07) is 18.9. The van der Waals surface area contributed by atoms with Crippen LogP contribution in [0.15, 0.2) is 75.6 Å². The molecule has 0 bridgehead atoms. The number of carbonyl (C=O) groups is 1. The summed E-state index contributed by atoms with van der Waals surface area (Å²) in [5.41, 5.74) is 1.90. The minimum atomic E-state index is -0.404. The Morgan fingerprint density at radius 1 is 0.938 bits per heavy atom. The number of nitrogens with one attached hydrogen (secondary N) is 1. The minimum absolute atomic E-state index is 0.0348. The molecule has 0 unspecified atom stereocenters. The van der Waals surface area contributed by atoms with E-state index < -0.39 is 5.69 Å². The molecule has 0 aliphatic carbocycles. The summed E-state index contributed by atoms with van der Waals surface area (Å²) in [5, 5.41) is 5.32. The van der Waals surface area contributed by atoms with Crippen molar-refractivity contribution < 1.29 is 4.79 Å². The SMILES string of the molecule is O=C(CCn1c(=O)c2sccc2n(Cc2ccccc2)c1=O)NCCc1ccc(Cl)cc1. The summed E-state index contributed by atoms with van der Waals surface area (Å²) in [7, 11) is 0. The highest BCUT2D eigenvalue weighted by molar-refractivity contribution is 7.17. The van der Waals surface area contributed by atoms with Gasteiger partial charge in [-0.3, -0.25) is 18.7 Å². The van der Waals surface area contributed by atoms with Crippen LogP contribution in [0.25, 0.3) is 10.2 Å². The molecule has 0 atom stereocenters. The number of carbonyl (C=O) groups excluding carboxylic acids is 1. The molecule has 6 nitrogen and oxygen atoms in total. The Morgan fingerprint density at radius 2 is 1.69 bits per heavy atom. The van der Waals surface area contributed by atoms with Crippen LogP contribution < -0.4 is 16.6 Å². The summed E-state index contributed by atoms with van der Waals surface area (Å²) >= 11 is 7.19. The first-order valence-corrected chi connectivity index (χ1v) is 11.5. The van der Waals surface area contributed by atoms with Crippen molar-refractivity contribution >= 4 is 39.1 Å². The summed E-state index contributed by atoms with van der Waals surface area (Å²) < 4.78 is 3.28. The van der Waals surface area contributed by atoms with Gasteiger partial charge in [0.05, 0.1) is 12.1 Å². The highest BCUT2D eigenvalue weighted by Crippen LogP contribution is 2.16. The van der Waals surface area contributed by atoms with Crippen molar-refractivity contribution in [1.82, 2.24) is 14.5 Å². The topological polar surface area (TPSA) is 73.1 Å². The van der Waals surface area contributed by atoms with Gasteiger partial charge in [-0.1, -0.05) is 54.1 Å². The average Bonchev–Trinajstić information content (AvgIpc) is 3.29. The predicted molar refractivity (Wildman–Crippen MR) is 129 cm³/mol. The van der Waals surface area contributed by atoms with Crippen molar-refractivity contribution in [3.63, 3.8) is 0 Å². The first kappa shape index (κ1) is 22.0. The van der Waals surface area contributed by atoms with Crippen LogP contribution in [0.5, 0.6) is 0 Å². The molecular formula is C24H22ClN3O3S. The molecular weight excluding hydrogens is 446 g/mol. The molecule has 4 aromatic rings. The van der Waals surface area contributed by atoms with Crippen molar-refractivity contribution in [2.24, 2.45) is 0 Å². The van der Waals surface area contributed by atoms with Gasteiger partial charge < -0.3 is 5.32 Å². The van der Waals surface area contributed by atoms with Gasteiger partial charge in [0.15, 0.2) is 0 Å². The Balaban J connectivity index is 1.46. The zero-order valence-electron chi connectivity index (χ0n) is 17.3. The zero-order valence-corrected chi connectivity index (χ0v) is 18.9. The van der Waals surface area contributed by atoms with Gasteiger partial charge in [0.2, 0.25) is 5.91 Å². The van der Waals surface area contributed by atoms with Crippen LogP contribution in [0.4, 0.5) is 0 Å².